The number of carbonyl (C=O) groups is 1. The van der Waals surface area contributed by atoms with Gasteiger partial charge in [-0.3, -0.25) is 14.6 Å². The van der Waals surface area contributed by atoms with E-state index < -0.39 is 0 Å². The average molecular weight is 317 g/mol. The topological polar surface area (TPSA) is 69.0 Å². The molecular weight excluding hydrogens is 298 g/mol. The number of hydrogen-bond acceptors (Lipinski definition) is 3. The van der Waals surface area contributed by atoms with Gasteiger partial charge in [0.25, 0.3) is 11.5 Å². The number of carbonyl (C=O) groups excluding carboxylic acids is 1. The van der Waals surface area contributed by atoms with Gasteiger partial charge in [-0.15, -0.1) is 0 Å². The Bertz CT molecular complexity index is 824. The van der Waals surface area contributed by atoms with Crippen molar-refractivity contribution in [2.24, 2.45) is 5.92 Å². The summed E-state index contributed by atoms with van der Waals surface area (Å²) >= 11 is 4.99. The lowest BCUT2D eigenvalue weighted by molar-refractivity contribution is 0.0671. The van der Waals surface area contributed by atoms with E-state index in [9.17, 15) is 9.59 Å². The fourth-order valence-corrected chi connectivity index (χ4v) is 3.27. The summed E-state index contributed by atoms with van der Waals surface area (Å²) in [6.07, 6.45) is 3.35. The van der Waals surface area contributed by atoms with Gasteiger partial charge in [-0.05, 0) is 49.2 Å². The van der Waals surface area contributed by atoms with Crippen LogP contribution in [0.3, 0.4) is 0 Å². The number of aromatic nitrogens is 2. The smallest absolute Gasteiger partial charge is 0.259 e. The molecule has 2 N–H and O–H groups in total. The van der Waals surface area contributed by atoms with Crippen LogP contribution in [0, 0.1) is 10.7 Å². The lowest BCUT2D eigenvalue weighted by atomic mass is 9.95. The molecule has 22 heavy (non-hydrogen) atoms. The van der Waals surface area contributed by atoms with Crippen LogP contribution in [0.25, 0.3) is 10.9 Å². The van der Waals surface area contributed by atoms with Crippen LogP contribution in [0.2, 0.25) is 0 Å². The van der Waals surface area contributed by atoms with Crippen LogP contribution in [0.4, 0.5) is 0 Å². The number of nitrogens with zero attached hydrogens (tertiary/aromatic N) is 1. The molecule has 1 unspecified atom stereocenters. The third-order valence-corrected chi connectivity index (χ3v) is 4.57. The first kappa shape index (κ1) is 15.0. The summed E-state index contributed by atoms with van der Waals surface area (Å²) in [5.41, 5.74) is 0.964. The van der Waals surface area contributed by atoms with E-state index in [0.717, 1.165) is 25.9 Å². The number of likely N-dealkylation sites (tertiary alicyclic amines) is 1. The van der Waals surface area contributed by atoms with Crippen molar-refractivity contribution in [2.75, 3.05) is 13.1 Å². The van der Waals surface area contributed by atoms with Gasteiger partial charge in [0.1, 0.15) is 0 Å². The highest BCUT2D eigenvalue weighted by molar-refractivity contribution is 7.71. The predicted octanol–water partition coefficient (Wildman–Crippen LogP) is 2.85. The van der Waals surface area contributed by atoms with E-state index >= 15 is 0 Å². The molecule has 5 nitrogen and oxygen atoms in total. The highest BCUT2D eigenvalue weighted by Gasteiger charge is 2.23. The van der Waals surface area contributed by atoms with Crippen LogP contribution in [0.15, 0.2) is 23.0 Å². The molecule has 1 aliphatic heterocycles. The van der Waals surface area contributed by atoms with Crippen molar-refractivity contribution in [3.05, 3.63) is 38.9 Å². The van der Waals surface area contributed by atoms with E-state index in [1.54, 1.807) is 18.2 Å². The Morgan fingerprint density at radius 1 is 1.41 bits per heavy atom. The normalized spacial score (nSPS) is 18.6. The number of hydrogen-bond donors (Lipinski definition) is 2. The number of nitrogens with one attached hydrogen (secondary N) is 2. The van der Waals surface area contributed by atoms with Gasteiger partial charge in [-0.25, -0.2) is 0 Å². The summed E-state index contributed by atoms with van der Waals surface area (Å²) < 4.78 is 0.270. The molecule has 1 fully saturated rings. The third-order valence-electron chi connectivity index (χ3n) is 4.37. The number of H-pyrrole nitrogens is 2. The molecule has 116 valence electrons. The largest absolute Gasteiger partial charge is 0.338 e. The minimum Gasteiger partial charge on any atom is -0.338 e. The molecule has 2 heterocycles. The van der Waals surface area contributed by atoms with Gasteiger partial charge < -0.3 is 9.88 Å². The molecule has 1 saturated heterocycles. The lowest BCUT2D eigenvalue weighted by Crippen LogP contribution is -2.39. The van der Waals surface area contributed by atoms with E-state index in [0.29, 0.717) is 22.4 Å². The van der Waals surface area contributed by atoms with Crippen LogP contribution < -0.4 is 5.56 Å². The Morgan fingerprint density at radius 2 is 2.23 bits per heavy atom. The van der Waals surface area contributed by atoms with Gasteiger partial charge in [-0.2, -0.15) is 0 Å². The zero-order chi connectivity index (χ0) is 15.7. The number of amides is 1. The van der Waals surface area contributed by atoms with Gasteiger partial charge in [0, 0.05) is 18.7 Å². The van der Waals surface area contributed by atoms with E-state index in [1.807, 2.05) is 4.90 Å². The Balaban J connectivity index is 1.94. The minimum absolute atomic E-state index is 0.0275. The van der Waals surface area contributed by atoms with E-state index in [1.165, 1.54) is 6.42 Å². The summed E-state index contributed by atoms with van der Waals surface area (Å²) in [6.45, 7) is 3.79. The van der Waals surface area contributed by atoms with Crippen molar-refractivity contribution in [3.63, 3.8) is 0 Å². The number of aromatic amines is 2. The highest BCUT2D eigenvalue weighted by atomic mass is 32.1. The van der Waals surface area contributed by atoms with Crippen LogP contribution in [-0.2, 0) is 0 Å². The second-order valence-electron chi connectivity index (χ2n) is 5.84. The monoisotopic (exact) mass is 317 g/mol. The summed E-state index contributed by atoms with van der Waals surface area (Å²) in [6, 6.07) is 5.11. The molecule has 0 radical (unpaired) electrons. The molecule has 1 atom stereocenters. The molecule has 1 aromatic heterocycles. The second-order valence-corrected chi connectivity index (χ2v) is 6.24. The zero-order valence-electron chi connectivity index (χ0n) is 12.5. The first-order valence-electron chi connectivity index (χ1n) is 7.64. The van der Waals surface area contributed by atoms with Crippen LogP contribution in [-0.4, -0.2) is 33.9 Å². The predicted molar refractivity (Wildman–Crippen MR) is 88.7 cm³/mol. The van der Waals surface area contributed by atoms with E-state index in [2.05, 4.69) is 16.9 Å². The number of rotatable bonds is 2. The SMILES string of the molecule is CCC1CCCN(C(=O)c2ccc3c(=O)[nH]c(=S)[nH]c3c2)C1. The second kappa shape index (κ2) is 6.04. The summed E-state index contributed by atoms with van der Waals surface area (Å²) in [5.74, 6) is 0.617. The molecule has 0 spiro atoms. The highest BCUT2D eigenvalue weighted by Crippen LogP contribution is 2.21. The standard InChI is InChI=1S/C16H19N3O2S/c1-2-10-4-3-7-19(9-10)15(21)11-5-6-12-13(8-11)17-16(22)18-14(12)20/h5-6,8,10H,2-4,7,9H2,1H3,(H2,17,18,20,22). The van der Waals surface area contributed by atoms with Gasteiger partial charge in [0.05, 0.1) is 10.9 Å². The zero-order valence-corrected chi connectivity index (χ0v) is 13.3. The van der Waals surface area contributed by atoms with Crippen molar-refractivity contribution < 1.29 is 4.79 Å². The number of benzene rings is 1. The van der Waals surface area contributed by atoms with Crippen molar-refractivity contribution in [3.8, 4) is 0 Å². The average Bonchev–Trinajstić information content (AvgIpc) is 2.53. The first-order valence-corrected chi connectivity index (χ1v) is 8.05. The fraction of sp³-hybridized carbons (Fsp3) is 0.438. The molecular formula is C16H19N3O2S. The minimum atomic E-state index is -0.234. The van der Waals surface area contributed by atoms with Crippen LogP contribution in [0.5, 0.6) is 0 Å². The molecule has 3 rings (SSSR count). The number of fused-ring (bicyclic) bond motifs is 1. The van der Waals surface area contributed by atoms with Crippen molar-refractivity contribution >= 4 is 29.0 Å². The summed E-state index contributed by atoms with van der Waals surface area (Å²) in [4.78, 5) is 31.9. The molecule has 6 heteroatoms. The van der Waals surface area contributed by atoms with Crippen molar-refractivity contribution in [2.45, 2.75) is 26.2 Å². The summed E-state index contributed by atoms with van der Waals surface area (Å²) in [5, 5.41) is 0.509. The third kappa shape index (κ3) is 2.83. The van der Waals surface area contributed by atoms with Gasteiger partial charge in [-0.1, -0.05) is 13.3 Å². The van der Waals surface area contributed by atoms with Crippen molar-refractivity contribution in [1.29, 1.82) is 0 Å². The Kier molecular flexibility index (Phi) is 4.11. The van der Waals surface area contributed by atoms with Gasteiger partial charge in [0.15, 0.2) is 4.77 Å². The van der Waals surface area contributed by atoms with Crippen LogP contribution >= 0.6 is 12.2 Å². The number of piperidine rings is 1. The van der Waals surface area contributed by atoms with E-state index in [-0.39, 0.29) is 16.2 Å². The molecule has 0 aliphatic carbocycles. The lowest BCUT2D eigenvalue weighted by Gasteiger charge is -2.32. The van der Waals surface area contributed by atoms with Gasteiger partial charge >= 0.3 is 0 Å². The Morgan fingerprint density at radius 3 is 3.00 bits per heavy atom. The molecule has 1 aliphatic rings. The van der Waals surface area contributed by atoms with E-state index in [4.69, 9.17) is 12.2 Å². The summed E-state index contributed by atoms with van der Waals surface area (Å²) in [7, 11) is 0. The maximum atomic E-state index is 12.7. The Hall–Kier alpha value is -1.95. The maximum absolute atomic E-state index is 12.7. The van der Waals surface area contributed by atoms with Crippen LogP contribution in [0.1, 0.15) is 36.5 Å². The first-order chi connectivity index (χ1) is 10.6. The fourth-order valence-electron chi connectivity index (χ4n) is 3.07. The Labute approximate surface area is 133 Å². The molecule has 0 bridgehead atoms. The molecule has 1 aromatic carbocycles. The molecule has 0 saturated carbocycles. The maximum Gasteiger partial charge on any atom is 0.259 e. The molecule has 2 aromatic rings. The van der Waals surface area contributed by atoms with Crippen molar-refractivity contribution in [1.82, 2.24) is 14.9 Å². The molecule has 1 amide bonds. The van der Waals surface area contributed by atoms with Gasteiger partial charge in [0.2, 0.25) is 0 Å². The quantitative estimate of drug-likeness (QED) is 0.837.